The minimum atomic E-state index is -0.837. The molecule has 0 unspecified atom stereocenters. The quantitative estimate of drug-likeness (QED) is 0.160. The van der Waals surface area contributed by atoms with Crippen LogP contribution in [0.2, 0.25) is 5.02 Å². The number of aliphatic imine (C=N–C) groups is 1. The average Bonchev–Trinajstić information content (AvgIpc) is 2.78. The first-order valence-electron chi connectivity index (χ1n) is 10.4. The second kappa shape index (κ2) is 11.6. The van der Waals surface area contributed by atoms with Gasteiger partial charge in [0.2, 0.25) is 0 Å². The van der Waals surface area contributed by atoms with E-state index in [0.29, 0.717) is 10.6 Å². The highest BCUT2D eigenvalue weighted by atomic mass is 35.5. The van der Waals surface area contributed by atoms with Gasteiger partial charge in [0.05, 0.1) is 5.16 Å². The van der Waals surface area contributed by atoms with Gasteiger partial charge in [-0.15, -0.1) is 0 Å². The van der Waals surface area contributed by atoms with Crippen molar-refractivity contribution in [2.45, 2.75) is 33.1 Å². The van der Waals surface area contributed by atoms with Gasteiger partial charge in [0, 0.05) is 33.7 Å². The van der Waals surface area contributed by atoms with E-state index < -0.39 is 17.3 Å². The van der Waals surface area contributed by atoms with Crippen LogP contribution in [0.25, 0.3) is 11.1 Å². The first-order chi connectivity index (χ1) is 15.9. The van der Waals surface area contributed by atoms with Crippen LogP contribution < -0.4 is 0 Å². The van der Waals surface area contributed by atoms with Crippen molar-refractivity contribution in [3.63, 3.8) is 0 Å². The van der Waals surface area contributed by atoms with Gasteiger partial charge in [-0.25, -0.2) is 8.78 Å². The van der Waals surface area contributed by atoms with Gasteiger partial charge >= 0.3 is 0 Å². The van der Waals surface area contributed by atoms with Gasteiger partial charge in [-0.1, -0.05) is 60.8 Å². The molecule has 0 saturated heterocycles. The molecule has 0 amide bonds. The van der Waals surface area contributed by atoms with Crippen molar-refractivity contribution in [1.82, 2.24) is 0 Å². The summed E-state index contributed by atoms with van der Waals surface area (Å²) in [5, 5.41) is 2.59. The molecule has 3 aromatic carbocycles. The summed E-state index contributed by atoms with van der Waals surface area (Å²) in [4.78, 5) is 3.40. The van der Waals surface area contributed by atoms with Crippen LogP contribution in [0.5, 0.6) is 0 Å². The first kappa shape index (κ1) is 24.4. The second-order valence-electron chi connectivity index (χ2n) is 7.37. The summed E-state index contributed by atoms with van der Waals surface area (Å²) >= 11 is 10.9. The Morgan fingerprint density at radius 1 is 0.879 bits per heavy atom. The summed E-state index contributed by atoms with van der Waals surface area (Å²) in [6.45, 7) is 4.11. The lowest BCUT2D eigenvalue weighted by atomic mass is 9.97. The minimum Gasteiger partial charge on any atom is -0.204 e. The molecule has 33 heavy (non-hydrogen) atoms. The Hall–Kier alpha value is -3.27. The highest BCUT2D eigenvalue weighted by Crippen LogP contribution is 2.31. The number of halogens is 3. The van der Waals surface area contributed by atoms with Gasteiger partial charge in [0.25, 0.3) is 0 Å². The third-order valence-corrected chi connectivity index (χ3v) is 5.30. The van der Waals surface area contributed by atoms with E-state index >= 15 is 0 Å². The number of hydrogen-bond donors (Lipinski definition) is 0. The zero-order valence-corrected chi connectivity index (χ0v) is 19.8. The Kier molecular flexibility index (Phi) is 8.53. The van der Waals surface area contributed by atoms with Gasteiger partial charge in [-0.2, -0.15) is 4.99 Å². The number of hydrogen-bond acceptors (Lipinski definition) is 2. The van der Waals surface area contributed by atoms with Crippen LogP contribution >= 0.6 is 23.8 Å². The van der Waals surface area contributed by atoms with E-state index in [0.717, 1.165) is 53.6 Å². The summed E-state index contributed by atoms with van der Waals surface area (Å²) < 4.78 is 28.0. The van der Waals surface area contributed by atoms with Crippen molar-refractivity contribution in [3.05, 3.63) is 87.4 Å². The van der Waals surface area contributed by atoms with Crippen molar-refractivity contribution in [2.24, 2.45) is 4.99 Å². The van der Waals surface area contributed by atoms with Crippen molar-refractivity contribution in [3.8, 4) is 34.8 Å². The van der Waals surface area contributed by atoms with Crippen molar-refractivity contribution < 1.29 is 8.78 Å². The highest BCUT2D eigenvalue weighted by Gasteiger charge is 2.10. The number of benzene rings is 3. The van der Waals surface area contributed by atoms with Crippen LogP contribution in [-0.2, 0) is 0 Å². The maximum atomic E-state index is 14.0. The standard InChI is InChI=1S/C28H20ClF2NS/c1-3-4-5-6-7-20-11-13-24(25(29)15-20)23-12-10-21(14-19(23)2)8-9-22-16-26(30)28(32-18-33)27(31)17-22/h10-17H,3-5H2,1-2H3. The summed E-state index contributed by atoms with van der Waals surface area (Å²) in [7, 11) is 0. The molecule has 3 aromatic rings. The van der Waals surface area contributed by atoms with Gasteiger partial charge in [-0.05, 0) is 73.1 Å². The zero-order valence-electron chi connectivity index (χ0n) is 18.2. The second-order valence-corrected chi connectivity index (χ2v) is 7.96. The molecule has 5 heteroatoms. The molecular formula is C28H20ClF2NS. The van der Waals surface area contributed by atoms with Crippen LogP contribution in [0, 0.1) is 42.2 Å². The maximum absolute atomic E-state index is 14.0. The van der Waals surface area contributed by atoms with Crippen LogP contribution in [0.1, 0.15) is 48.4 Å². The summed E-state index contributed by atoms with van der Waals surface area (Å²) in [5.74, 6) is 10.4. The van der Waals surface area contributed by atoms with Crippen LogP contribution in [0.15, 0.2) is 53.5 Å². The van der Waals surface area contributed by atoms with Gasteiger partial charge in [0.1, 0.15) is 5.69 Å². The van der Waals surface area contributed by atoms with Gasteiger partial charge in [0.15, 0.2) is 11.6 Å². The van der Waals surface area contributed by atoms with E-state index in [2.05, 4.69) is 47.8 Å². The summed E-state index contributed by atoms with van der Waals surface area (Å²) in [6, 6.07) is 13.7. The van der Waals surface area contributed by atoms with E-state index in [1.54, 1.807) is 0 Å². The van der Waals surface area contributed by atoms with E-state index in [1.165, 1.54) is 0 Å². The SMILES string of the molecule is CCCCC#Cc1ccc(-c2ccc(C#Cc3cc(F)c(N=C=S)c(F)c3)cc2C)c(Cl)c1. The number of isothiocyanates is 1. The summed E-state index contributed by atoms with van der Waals surface area (Å²) in [5.41, 5.74) is 4.21. The fourth-order valence-electron chi connectivity index (χ4n) is 3.22. The predicted octanol–water partition coefficient (Wildman–Crippen LogP) is 8.27. The Bertz CT molecular complexity index is 1340. The molecule has 0 aliphatic carbocycles. The highest BCUT2D eigenvalue weighted by molar-refractivity contribution is 7.78. The monoisotopic (exact) mass is 475 g/mol. The molecular weight excluding hydrogens is 456 g/mol. The Morgan fingerprint density at radius 2 is 1.52 bits per heavy atom. The van der Waals surface area contributed by atoms with Crippen LogP contribution in [0.4, 0.5) is 14.5 Å². The van der Waals surface area contributed by atoms with E-state index in [1.807, 2.05) is 48.5 Å². The van der Waals surface area contributed by atoms with Crippen molar-refractivity contribution >= 4 is 34.7 Å². The molecule has 0 aliphatic heterocycles. The molecule has 0 aliphatic rings. The van der Waals surface area contributed by atoms with Crippen LogP contribution in [-0.4, -0.2) is 5.16 Å². The summed E-state index contributed by atoms with van der Waals surface area (Å²) in [6.07, 6.45) is 3.09. The lowest BCUT2D eigenvalue weighted by Crippen LogP contribution is -1.88. The largest absolute Gasteiger partial charge is 0.204 e. The fourth-order valence-corrected chi connectivity index (χ4v) is 3.59. The Labute approximate surface area is 203 Å². The number of rotatable bonds is 4. The van der Waals surface area contributed by atoms with Crippen molar-refractivity contribution in [1.29, 1.82) is 0 Å². The van der Waals surface area contributed by atoms with Crippen LogP contribution in [0.3, 0.4) is 0 Å². The third-order valence-electron chi connectivity index (χ3n) is 4.90. The van der Waals surface area contributed by atoms with Gasteiger partial charge in [-0.3, -0.25) is 0 Å². The lowest BCUT2D eigenvalue weighted by molar-refractivity contribution is 0.587. The molecule has 0 spiro atoms. The number of nitrogens with zero attached hydrogens (tertiary/aromatic N) is 1. The predicted molar refractivity (Wildman–Crippen MR) is 135 cm³/mol. The molecule has 0 radical (unpaired) electrons. The first-order valence-corrected chi connectivity index (χ1v) is 11.2. The molecule has 0 fully saturated rings. The topological polar surface area (TPSA) is 12.4 Å². The number of unbranched alkanes of at least 4 members (excludes halogenated alkanes) is 2. The van der Waals surface area contributed by atoms with Crippen molar-refractivity contribution in [2.75, 3.05) is 0 Å². The third kappa shape index (κ3) is 6.38. The Balaban J connectivity index is 1.84. The van der Waals surface area contributed by atoms with E-state index in [-0.39, 0.29) is 5.56 Å². The molecule has 3 rings (SSSR count). The molecule has 0 aromatic heterocycles. The molecule has 0 saturated carbocycles. The minimum absolute atomic E-state index is 0.203. The zero-order chi connectivity index (χ0) is 23.8. The van der Waals surface area contributed by atoms with Gasteiger partial charge < -0.3 is 0 Å². The number of thiocarbonyl (C=S) groups is 1. The maximum Gasteiger partial charge on any atom is 0.153 e. The Morgan fingerprint density at radius 3 is 2.12 bits per heavy atom. The molecule has 0 N–H and O–H groups in total. The molecule has 0 atom stereocenters. The number of aryl methyl sites for hydroxylation is 1. The van der Waals surface area contributed by atoms with E-state index in [9.17, 15) is 8.78 Å². The molecule has 0 heterocycles. The lowest BCUT2D eigenvalue weighted by Gasteiger charge is -2.09. The molecule has 1 nitrogen and oxygen atoms in total. The van der Waals surface area contributed by atoms with E-state index in [4.69, 9.17) is 11.6 Å². The smallest absolute Gasteiger partial charge is 0.153 e. The average molecular weight is 476 g/mol. The molecule has 0 bridgehead atoms. The normalized spacial score (nSPS) is 9.85. The fraction of sp³-hybridized carbons (Fsp3) is 0.179. The molecule has 164 valence electrons.